The zero-order chi connectivity index (χ0) is 17.7. The van der Waals surface area contributed by atoms with Gasteiger partial charge in [-0.1, -0.05) is 0 Å². The van der Waals surface area contributed by atoms with Crippen LogP contribution in [0.25, 0.3) is 0 Å². The van der Waals surface area contributed by atoms with Crippen molar-refractivity contribution in [3.63, 3.8) is 0 Å². The lowest BCUT2D eigenvalue weighted by Crippen LogP contribution is -2.47. The van der Waals surface area contributed by atoms with Gasteiger partial charge in [0, 0.05) is 13.1 Å². The van der Waals surface area contributed by atoms with Crippen molar-refractivity contribution in [2.24, 2.45) is 11.5 Å². The maximum atomic E-state index is 11.9. The monoisotopic (exact) mass is 337 g/mol. The van der Waals surface area contributed by atoms with Crippen LogP contribution in [-0.2, 0) is 28.7 Å². The van der Waals surface area contributed by atoms with Crippen LogP contribution in [0.3, 0.4) is 0 Å². The molecule has 0 rings (SSSR count). The van der Waals surface area contributed by atoms with Crippen molar-refractivity contribution in [1.82, 2.24) is 5.48 Å². The van der Waals surface area contributed by atoms with Crippen molar-refractivity contribution in [3.8, 4) is 0 Å². The van der Waals surface area contributed by atoms with Crippen LogP contribution in [0.15, 0.2) is 0 Å². The van der Waals surface area contributed by atoms with Crippen LogP contribution in [0.2, 0.25) is 0 Å². The van der Waals surface area contributed by atoms with Crippen LogP contribution < -0.4 is 16.9 Å². The van der Waals surface area contributed by atoms with Crippen LogP contribution in [0.4, 0.5) is 0 Å². The summed E-state index contributed by atoms with van der Waals surface area (Å²) < 4.78 is 9.32. The highest BCUT2D eigenvalue weighted by atomic mass is 16.7. The summed E-state index contributed by atoms with van der Waals surface area (Å²) in [6.45, 7) is -0.523. The summed E-state index contributed by atoms with van der Waals surface area (Å²) in [4.78, 5) is 39.5. The molecule has 0 bridgehead atoms. The lowest BCUT2D eigenvalue weighted by molar-refractivity contribution is -0.183. The number of carbonyl (C=O) groups is 3. The average molecular weight is 337 g/mol. The predicted octanol–water partition coefficient (Wildman–Crippen LogP) is -3.46. The molecule has 0 aliphatic rings. The summed E-state index contributed by atoms with van der Waals surface area (Å²) in [5.41, 5.74) is 9.92. The molecular weight excluding hydrogens is 314 g/mol. The molecule has 0 amide bonds. The summed E-state index contributed by atoms with van der Waals surface area (Å²) in [6, 6.07) is 0. The molecule has 0 saturated heterocycles. The van der Waals surface area contributed by atoms with Crippen molar-refractivity contribution < 1.29 is 38.9 Å². The summed E-state index contributed by atoms with van der Waals surface area (Å²) in [5.74, 6) is -3.17. The van der Waals surface area contributed by atoms with E-state index in [9.17, 15) is 19.5 Å². The third-order valence-corrected chi connectivity index (χ3v) is 2.39. The van der Waals surface area contributed by atoms with Gasteiger partial charge in [0.05, 0.1) is 26.0 Å². The number of aliphatic hydroxyl groups is 2. The quantitative estimate of drug-likeness (QED) is 0.103. The molecular formula is C12H23N3O8. The number of hydrogen-bond acceptors (Lipinski definition) is 11. The van der Waals surface area contributed by atoms with E-state index in [0.29, 0.717) is 0 Å². The largest absolute Gasteiger partial charge is 0.464 e. The number of carbonyl (C=O) groups excluding carboxylic acids is 3. The van der Waals surface area contributed by atoms with Gasteiger partial charge >= 0.3 is 17.9 Å². The van der Waals surface area contributed by atoms with Gasteiger partial charge in [-0.15, -0.1) is 0 Å². The van der Waals surface area contributed by atoms with Gasteiger partial charge in [-0.2, -0.15) is 5.48 Å². The average Bonchev–Trinajstić information content (AvgIpc) is 2.50. The van der Waals surface area contributed by atoms with E-state index in [2.05, 4.69) is 19.8 Å². The third kappa shape index (κ3) is 9.05. The van der Waals surface area contributed by atoms with Crippen molar-refractivity contribution in [3.05, 3.63) is 0 Å². The lowest BCUT2D eigenvalue weighted by atomic mass is 9.96. The second-order valence-electron chi connectivity index (χ2n) is 4.41. The highest BCUT2D eigenvalue weighted by Gasteiger charge is 2.43. The second-order valence-corrected chi connectivity index (χ2v) is 4.41. The Morgan fingerprint density at radius 3 is 1.87 bits per heavy atom. The molecule has 7 N–H and O–H groups in total. The van der Waals surface area contributed by atoms with Gasteiger partial charge < -0.3 is 36.0 Å². The molecule has 0 aliphatic heterocycles. The molecule has 23 heavy (non-hydrogen) atoms. The number of hydroxylamine groups is 1. The van der Waals surface area contributed by atoms with Gasteiger partial charge in [-0.3, -0.25) is 9.59 Å². The molecule has 0 aromatic heterocycles. The van der Waals surface area contributed by atoms with Crippen LogP contribution >= 0.6 is 0 Å². The molecule has 0 aromatic rings. The van der Waals surface area contributed by atoms with Gasteiger partial charge in [0.25, 0.3) is 0 Å². The lowest BCUT2D eigenvalue weighted by Gasteiger charge is -2.23. The zero-order valence-electron chi connectivity index (χ0n) is 12.7. The molecule has 0 atom stereocenters. The van der Waals surface area contributed by atoms with Crippen molar-refractivity contribution in [2.75, 3.05) is 39.5 Å². The zero-order valence-corrected chi connectivity index (χ0v) is 12.7. The number of esters is 2. The van der Waals surface area contributed by atoms with Crippen LogP contribution in [-0.4, -0.2) is 73.2 Å². The molecule has 11 heteroatoms. The molecule has 134 valence electrons. The van der Waals surface area contributed by atoms with Crippen molar-refractivity contribution >= 4 is 17.9 Å². The fraction of sp³-hybridized carbons (Fsp3) is 0.750. The maximum absolute atomic E-state index is 11.9. The number of hydrogen-bond donors (Lipinski definition) is 5. The van der Waals surface area contributed by atoms with Gasteiger partial charge in [0.1, 0.15) is 13.2 Å². The third-order valence-electron chi connectivity index (χ3n) is 2.39. The minimum atomic E-state index is -2.49. The highest BCUT2D eigenvalue weighted by molar-refractivity contribution is 5.89. The molecule has 0 aromatic carbocycles. The van der Waals surface area contributed by atoms with E-state index in [1.807, 2.05) is 0 Å². The first kappa shape index (κ1) is 21.2. The van der Waals surface area contributed by atoms with E-state index in [4.69, 9.17) is 16.6 Å². The van der Waals surface area contributed by atoms with E-state index < -0.39 is 36.4 Å². The summed E-state index contributed by atoms with van der Waals surface area (Å²) >= 11 is 0. The number of nitrogens with two attached hydrogens (primary N) is 2. The SMILES string of the molecule is NCCOC(=O)CC(O)(CC(=O)OCCN)C(=O)ONCCO. The first-order chi connectivity index (χ1) is 10.9. The highest BCUT2D eigenvalue weighted by Crippen LogP contribution is 2.19. The molecule has 0 saturated carbocycles. The number of nitrogens with one attached hydrogen (secondary N) is 1. The molecule has 0 unspecified atom stereocenters. The van der Waals surface area contributed by atoms with E-state index in [1.54, 1.807) is 0 Å². The van der Waals surface area contributed by atoms with E-state index >= 15 is 0 Å². The van der Waals surface area contributed by atoms with Crippen molar-refractivity contribution in [1.29, 1.82) is 0 Å². The topological polar surface area (TPSA) is 183 Å². The van der Waals surface area contributed by atoms with E-state index in [1.165, 1.54) is 0 Å². The van der Waals surface area contributed by atoms with Gasteiger partial charge in [-0.05, 0) is 0 Å². The fourth-order valence-electron chi connectivity index (χ4n) is 1.39. The summed E-state index contributed by atoms with van der Waals surface area (Å²) in [6.07, 6.45) is -1.66. The Bertz CT molecular complexity index is 369. The molecule has 11 nitrogen and oxygen atoms in total. The first-order valence-corrected chi connectivity index (χ1v) is 6.88. The Balaban J connectivity index is 4.83. The van der Waals surface area contributed by atoms with E-state index in [0.717, 1.165) is 0 Å². The fourth-order valence-corrected chi connectivity index (χ4v) is 1.39. The minimum Gasteiger partial charge on any atom is -0.464 e. The van der Waals surface area contributed by atoms with Gasteiger partial charge in [0.2, 0.25) is 0 Å². The Morgan fingerprint density at radius 1 is 1.00 bits per heavy atom. The number of rotatable bonds is 12. The molecule has 0 aliphatic carbocycles. The Labute approximate surface area is 132 Å². The summed E-state index contributed by atoms with van der Waals surface area (Å²) in [7, 11) is 0. The van der Waals surface area contributed by atoms with Gasteiger partial charge in [-0.25, -0.2) is 4.79 Å². The molecule has 0 heterocycles. The van der Waals surface area contributed by atoms with Crippen LogP contribution in [0, 0.1) is 0 Å². The number of ether oxygens (including phenoxy) is 2. The molecule has 0 spiro atoms. The first-order valence-electron chi connectivity index (χ1n) is 6.88. The maximum Gasteiger partial charge on any atom is 0.357 e. The Hall–Kier alpha value is -1.79. The Morgan fingerprint density at radius 2 is 1.48 bits per heavy atom. The van der Waals surface area contributed by atoms with E-state index in [-0.39, 0.29) is 39.5 Å². The number of aliphatic hydroxyl groups excluding tert-OH is 1. The summed E-state index contributed by atoms with van der Waals surface area (Å²) in [5, 5.41) is 18.9. The smallest absolute Gasteiger partial charge is 0.357 e. The van der Waals surface area contributed by atoms with Crippen molar-refractivity contribution in [2.45, 2.75) is 18.4 Å². The van der Waals surface area contributed by atoms with Gasteiger partial charge in [0.15, 0.2) is 5.60 Å². The predicted molar refractivity (Wildman–Crippen MR) is 75.4 cm³/mol. The second kappa shape index (κ2) is 11.7. The molecule has 0 fully saturated rings. The van der Waals surface area contributed by atoms with Crippen LogP contribution in [0.5, 0.6) is 0 Å². The Kier molecular flexibility index (Phi) is 10.8. The molecule has 0 radical (unpaired) electrons. The minimum absolute atomic E-state index is 0.0607. The normalized spacial score (nSPS) is 11.0. The standard InChI is InChI=1S/C12H23N3O8/c13-1-5-21-9(17)7-12(20,8-10(18)22-6-2-14)11(19)23-15-3-4-16/h15-16,20H,1-8,13-14H2. The van der Waals surface area contributed by atoms with Crippen LogP contribution in [0.1, 0.15) is 12.8 Å².